The van der Waals surface area contributed by atoms with Crippen LogP contribution in [0.1, 0.15) is 0 Å². The summed E-state index contributed by atoms with van der Waals surface area (Å²) in [6.07, 6.45) is -76.2. The van der Waals surface area contributed by atoms with Crippen LogP contribution in [-0.4, -0.2) is 393 Å². The molecule has 0 aromatic carbocycles. The minimum absolute atomic E-state index is 0. The summed E-state index contributed by atoms with van der Waals surface area (Å²) in [5, 5.41) is 0. The molecule has 0 aromatic rings. The van der Waals surface area contributed by atoms with Crippen LogP contribution in [0.25, 0.3) is 0 Å². The van der Waals surface area contributed by atoms with Crippen molar-refractivity contribution < 1.29 is 776 Å². The van der Waals surface area contributed by atoms with Crippen molar-refractivity contribution in [3.63, 3.8) is 0 Å². The van der Waals surface area contributed by atoms with Crippen molar-refractivity contribution in [3.8, 4) is 0 Å². The molecule has 690 valence electrons. The van der Waals surface area contributed by atoms with Gasteiger partial charge in [0, 0.05) is 27.2 Å². The molecule has 0 radical (unpaired) electrons. The number of rotatable bonds is 51. The van der Waals surface area contributed by atoms with Gasteiger partial charge in [0.15, 0.2) is 37.0 Å². The van der Waals surface area contributed by atoms with E-state index < -0.39 is 338 Å². The first-order chi connectivity index (χ1) is 51.1. The Kier molecular flexibility index (Phi) is 97.8. The van der Waals surface area contributed by atoms with Crippen LogP contribution in [0.15, 0.2) is 0 Å². The maximum atomic E-state index is 14.6. The molecule has 0 saturated carbocycles. The van der Waals surface area contributed by atoms with Gasteiger partial charge in [-0.1, -0.05) is 0 Å². The van der Waals surface area contributed by atoms with E-state index in [1.807, 2.05) is 0 Å². The second kappa shape index (κ2) is 72.6. The Morgan fingerprint density at radius 3 is 0.621 bits per heavy atom. The smallest absolute Gasteiger partial charge is 0.726 e. The van der Waals surface area contributed by atoms with E-state index in [0.717, 1.165) is 0 Å². The normalized spacial score (nSPS) is 21.3. The molecular weight excluding hydrogens is 2370 g/mol. The van der Waals surface area contributed by atoms with Crippen LogP contribution in [0.5, 0.6) is 0 Å². The van der Waals surface area contributed by atoms with E-state index in [2.05, 4.69) is 66.9 Å². The van der Waals surface area contributed by atoms with Gasteiger partial charge in [0.05, 0.1) is 26.4 Å². The van der Waals surface area contributed by atoms with Crippen LogP contribution >= 0.6 is 0 Å². The first-order valence-electron chi connectivity index (χ1n) is 26.3. The van der Waals surface area contributed by atoms with E-state index in [-0.39, 0.29) is 487 Å². The number of hydrogen-bond donors (Lipinski definition) is 0. The third-order valence-electron chi connectivity index (χ3n) is 12.0. The molecule has 2 heterocycles. The summed E-state index contributed by atoms with van der Waals surface area (Å²) >= 11 is 0. The fourth-order valence-electron chi connectivity index (χ4n) is 8.55. The zero-order valence-electron chi connectivity index (χ0n) is 69.6. The van der Waals surface area contributed by atoms with Crippen LogP contribution in [0.2, 0.25) is 0 Å². The second-order valence-corrected chi connectivity index (χ2v) is 36.6. The predicted molar refractivity (Wildman–Crippen MR) is 300 cm³/mol. The molecule has 132 heavy (non-hydrogen) atoms. The van der Waals surface area contributed by atoms with Crippen LogP contribution in [0.4, 0.5) is 0 Å². The standard InChI is InChI=1S/C28H52N2O70S16.16Na/c1-29(25(31)21(97-113(69,70)71)17(93-109(57,58)59)13(11(89-105(45,46)47)7-83-103(39,40)41)87-27-23(99-115(75,76)77)19(95-111(63,64)65)15(91-107(51,52)53)9(85-27)5-81-101(33,34)35)3-4-30(2)26(32)22(98-114(72,73)74)18(94-110(60,61)62)14(12(90-106(48,49)50)8-84-104(42,43)44)88-28-24(100-116(78,79)80)20(96-112(66,67)68)16(92-108(54,55)56)10(86-28)6-82-102(36,37)38;;;;;;;;;;;;;;;;/h9-24,27-28H,3-8H2,1-2H3,(H,33,34,35)(H,36,37,38)(H,39,40,41)(H,42,43,44)(H,45,46,47)(H,48,49,50)(H,51,52,53)(H,54,55,56)(H,57,58,59)(H,60,61,62)(H,63,64,65)(H,66,67,68)(H,69,70,71)(H,72,73,74)(H,75,76,77)(H,78,79,80);;;;;;;;;;;;;;;;/q;16*+1/p-16. The zero-order chi connectivity index (χ0) is 91.1. The molecule has 2 aliphatic heterocycles. The number of amides is 2. The zero-order valence-corrected chi connectivity index (χ0v) is 115. The van der Waals surface area contributed by atoms with E-state index in [4.69, 9.17) is 18.9 Å². The van der Waals surface area contributed by atoms with Crippen molar-refractivity contribution >= 4 is 178 Å². The quantitative estimate of drug-likeness (QED) is 0.0310. The molecule has 0 aliphatic carbocycles. The van der Waals surface area contributed by atoms with E-state index >= 15 is 0 Å². The number of carbonyl (C=O) groups excluding carboxylic acids is 2. The Morgan fingerprint density at radius 2 is 0.439 bits per heavy atom. The van der Waals surface area contributed by atoms with Crippen molar-refractivity contribution in [2.45, 2.75) is 110 Å². The van der Waals surface area contributed by atoms with Gasteiger partial charge in [-0.15, -0.1) is 0 Å². The molecule has 18 unspecified atom stereocenters. The van der Waals surface area contributed by atoms with E-state index in [9.17, 15) is 217 Å². The van der Waals surface area contributed by atoms with Crippen molar-refractivity contribution in [2.75, 3.05) is 53.6 Å². The van der Waals surface area contributed by atoms with Crippen LogP contribution in [0, 0.1) is 0 Å². The molecule has 2 saturated heterocycles. The van der Waals surface area contributed by atoms with E-state index in [0.29, 0.717) is 0 Å². The molecule has 0 aromatic heterocycles. The molecule has 2 aliphatic rings. The van der Waals surface area contributed by atoms with Crippen molar-refractivity contribution in [1.29, 1.82) is 0 Å². The van der Waals surface area contributed by atoms with Gasteiger partial charge in [0.1, 0.15) is 73.2 Å². The van der Waals surface area contributed by atoms with E-state index in [1.54, 1.807) is 0 Å². The fraction of sp³-hybridized carbons (Fsp3) is 0.929. The topological polar surface area (TPSA) is 1140 Å². The summed E-state index contributed by atoms with van der Waals surface area (Å²) in [4.78, 5) is 27.9. The van der Waals surface area contributed by atoms with Gasteiger partial charge in [-0.2, -0.15) is 0 Å². The maximum absolute atomic E-state index is 14.6. The Hall–Kier alpha value is 12.7. The summed E-state index contributed by atoms with van der Waals surface area (Å²) in [6.45, 7) is -15.1. The molecule has 0 spiro atoms. The first-order valence-corrected chi connectivity index (χ1v) is 47.6. The minimum atomic E-state index is -7.40. The Bertz CT molecular complexity index is 5150. The van der Waals surface area contributed by atoms with Crippen molar-refractivity contribution in [1.82, 2.24) is 9.80 Å². The van der Waals surface area contributed by atoms with Crippen LogP contribution in [0.3, 0.4) is 0 Å². The molecule has 2 fully saturated rings. The van der Waals surface area contributed by atoms with Gasteiger partial charge in [-0.3, -0.25) is 76.5 Å². The minimum Gasteiger partial charge on any atom is -0.726 e. The van der Waals surface area contributed by atoms with Crippen LogP contribution in [-0.2, 0) is 262 Å². The molecule has 104 heteroatoms. The number of nitrogens with zero attached hydrogens (tertiary/aromatic N) is 2. The van der Waals surface area contributed by atoms with E-state index in [1.165, 1.54) is 0 Å². The number of carbonyl (C=O) groups is 2. The monoisotopic (exact) mass is 2400 g/mol. The molecule has 0 N–H and O–H groups in total. The van der Waals surface area contributed by atoms with Gasteiger partial charge in [-0.05, 0) is 0 Å². The number of ether oxygens (including phenoxy) is 4. The first kappa shape index (κ1) is 178. The largest absolute Gasteiger partial charge is 1.00 e. The summed E-state index contributed by atoms with van der Waals surface area (Å²) in [7, 11) is -112. The third kappa shape index (κ3) is 79.6. The van der Waals surface area contributed by atoms with Crippen LogP contribution < -0.4 is 473 Å². The Labute approximate surface area is 1100 Å². The molecule has 0 bridgehead atoms. The third-order valence-corrected chi connectivity index (χ3v) is 19.2. The average molecular weight is 2400 g/mol. The molecule has 18 atom stereocenters. The maximum Gasteiger partial charge on any atom is 1.00 e. The Morgan fingerprint density at radius 1 is 0.250 bits per heavy atom. The SMILES string of the molecule is CN(CCN(C)C(=O)C(OS(=O)(=O)[O-])C(OS(=O)(=O)[O-])C(OC1OC(COS(=O)(=O)[O-])C(OS(=O)(=O)[O-])C(OS(=O)(=O)[O-])C1OS(=O)(=O)[O-])C(COS(=O)(=O)[O-])OS(=O)(=O)[O-])C(=O)C(OS(=O)(=O)[O-])C(OS(=O)(=O)[O-])C(OC1OC(COS(=O)(=O)[O-])C(OS(=O)(=O)[O-])C(OS(=O)(=O)[O-])C1OS(=O)(=O)[O-])C(COS(=O)(=O)[O-])OS(=O)(=O)[O-].[Na+].[Na+].[Na+].[Na+].[Na+].[Na+].[Na+].[Na+].[Na+].[Na+].[Na+].[Na+].[Na+].[Na+].[Na+].[Na+]. The number of hydrogen-bond acceptors (Lipinski definition) is 70. The summed E-state index contributed by atoms with van der Waals surface area (Å²) in [6, 6.07) is 0. The summed E-state index contributed by atoms with van der Waals surface area (Å²) < 4.78 is 660. The molecule has 2 rings (SSSR count). The summed E-state index contributed by atoms with van der Waals surface area (Å²) in [5.74, 6) is -6.01. The second-order valence-electron chi connectivity index (χ2n) is 20.3. The fourth-order valence-corrected chi connectivity index (χ4v) is 15.5. The van der Waals surface area contributed by atoms with Gasteiger partial charge in [-0.25, -0.2) is 135 Å². The predicted octanol–water partition coefficient (Wildman–Crippen LogP) is -67.8. The Balaban J connectivity index is -0.000000658. The van der Waals surface area contributed by atoms with Gasteiger partial charge >= 0.3 is 473 Å². The average Bonchev–Trinajstić information content (AvgIpc) is 0.764. The van der Waals surface area contributed by atoms with Gasteiger partial charge in [0.2, 0.25) is 166 Å². The van der Waals surface area contributed by atoms with Gasteiger partial charge < -0.3 is 102 Å². The molecule has 72 nitrogen and oxygen atoms in total. The van der Waals surface area contributed by atoms with Gasteiger partial charge in [0.25, 0.3) is 11.8 Å². The number of likely N-dealkylation sites (N-methyl/N-ethyl adjacent to an activating group) is 2. The molecule has 2 amide bonds. The van der Waals surface area contributed by atoms with Crippen molar-refractivity contribution in [3.05, 3.63) is 0 Å². The van der Waals surface area contributed by atoms with Crippen molar-refractivity contribution in [2.24, 2.45) is 0 Å². The summed E-state index contributed by atoms with van der Waals surface area (Å²) in [5.41, 5.74) is 0. The molecular formula is C28H36N2Na16O70S16.